The minimum Gasteiger partial charge on any atom is -0.494 e. The van der Waals surface area contributed by atoms with Gasteiger partial charge < -0.3 is 35.1 Å². The van der Waals surface area contributed by atoms with Gasteiger partial charge in [-0.25, -0.2) is 4.98 Å². The Labute approximate surface area is 240 Å². The summed E-state index contributed by atoms with van der Waals surface area (Å²) in [7, 11) is 1.13. The molecule has 3 N–H and O–H groups in total. The molecule has 2 heterocycles. The highest BCUT2D eigenvalue weighted by Gasteiger charge is 2.21. The van der Waals surface area contributed by atoms with E-state index in [1.165, 1.54) is 12.3 Å². The zero-order chi connectivity index (χ0) is 28.9. The van der Waals surface area contributed by atoms with Crippen LogP contribution in [0, 0.1) is 0 Å². The van der Waals surface area contributed by atoms with Crippen LogP contribution >= 0.6 is 18.7 Å². The summed E-state index contributed by atoms with van der Waals surface area (Å²) in [5.74, 6) is 0.843. The predicted octanol–water partition coefficient (Wildman–Crippen LogP) is 5.14. The van der Waals surface area contributed by atoms with Gasteiger partial charge in [0.05, 0.1) is 36.1 Å². The number of halogens is 1. The molecule has 3 aromatic rings. The fraction of sp³-hybridized carbons (Fsp3) is 0.321. The second-order valence-corrected chi connectivity index (χ2v) is 13.5. The van der Waals surface area contributed by atoms with E-state index in [1.807, 2.05) is 30.3 Å². The Kier molecular flexibility index (Phi) is 9.35. The summed E-state index contributed by atoms with van der Waals surface area (Å²) in [5, 5.41) is 10.3. The molecule has 0 radical (unpaired) electrons. The molecule has 2 aromatic carbocycles. The number of para-hydroxylation sites is 1. The second-order valence-electron chi connectivity index (χ2n) is 9.92. The summed E-state index contributed by atoms with van der Waals surface area (Å²) in [6, 6.07) is 11.1. The second kappa shape index (κ2) is 12.7. The highest BCUT2D eigenvalue weighted by atomic mass is 35.5. The van der Waals surface area contributed by atoms with E-state index in [2.05, 4.69) is 49.3 Å². The Balaban J connectivity index is 1.69. The Hall–Kier alpha value is -3.59. The van der Waals surface area contributed by atoms with Crippen molar-refractivity contribution in [3.8, 4) is 5.75 Å². The van der Waals surface area contributed by atoms with Gasteiger partial charge in [0.15, 0.2) is 5.82 Å². The smallest absolute Gasteiger partial charge is 0.247 e. The van der Waals surface area contributed by atoms with Crippen molar-refractivity contribution in [1.82, 2.24) is 14.9 Å². The Morgan fingerprint density at radius 1 is 1.10 bits per heavy atom. The fourth-order valence-corrected chi connectivity index (χ4v) is 5.77. The molecule has 1 saturated heterocycles. The standard InChI is InChI=1S/C28H35ClN7O3P/c1-6-26(37)31-21-16-22(24(39-3)17-23(21)36-13-9-12-35(2)14-15-36)33-28-30-18-19(29)27(34-28)32-20-10-7-8-11-25(20)40(4,5)38/h6-8,10-11,16-18H,1,9,12-15H2,2-5H3,(H,31,37)(H2,30,32,33,34). The Bertz CT molecular complexity index is 1450. The molecule has 4 rings (SSSR count). The zero-order valence-corrected chi connectivity index (χ0v) is 24.9. The maximum Gasteiger partial charge on any atom is 0.247 e. The van der Waals surface area contributed by atoms with Gasteiger partial charge >= 0.3 is 0 Å². The summed E-state index contributed by atoms with van der Waals surface area (Å²) in [5.41, 5.74) is 2.67. The van der Waals surface area contributed by atoms with E-state index in [-0.39, 0.29) is 11.9 Å². The molecule has 212 valence electrons. The molecule has 1 fully saturated rings. The van der Waals surface area contributed by atoms with Gasteiger partial charge in [-0.3, -0.25) is 4.79 Å². The molecule has 10 nitrogen and oxygen atoms in total. The quantitative estimate of drug-likeness (QED) is 0.233. The van der Waals surface area contributed by atoms with Crippen LogP contribution in [0.25, 0.3) is 0 Å². The van der Waals surface area contributed by atoms with Crippen LogP contribution in [-0.2, 0) is 9.36 Å². The first-order valence-electron chi connectivity index (χ1n) is 12.9. The lowest BCUT2D eigenvalue weighted by Gasteiger charge is -2.27. The number of methoxy groups -OCH3 is 1. The number of likely N-dealkylation sites (N-methyl/N-ethyl adjacent to an activating group) is 1. The van der Waals surface area contributed by atoms with Crippen LogP contribution in [0.3, 0.4) is 0 Å². The number of ether oxygens (including phenoxy) is 1. The van der Waals surface area contributed by atoms with Crippen LogP contribution in [0.15, 0.2) is 55.3 Å². The van der Waals surface area contributed by atoms with E-state index in [9.17, 15) is 9.36 Å². The average Bonchev–Trinajstić information content (AvgIpc) is 3.14. The lowest BCUT2D eigenvalue weighted by atomic mass is 10.1. The van der Waals surface area contributed by atoms with Crippen molar-refractivity contribution in [2.24, 2.45) is 0 Å². The maximum absolute atomic E-state index is 12.8. The highest BCUT2D eigenvalue weighted by molar-refractivity contribution is 7.70. The number of nitrogens with one attached hydrogen (secondary N) is 3. The van der Waals surface area contributed by atoms with Crippen molar-refractivity contribution in [3.05, 3.63) is 60.3 Å². The normalized spacial score (nSPS) is 14.3. The third kappa shape index (κ3) is 7.13. The number of anilines is 6. The summed E-state index contributed by atoms with van der Waals surface area (Å²) < 4.78 is 18.6. The SMILES string of the molecule is C=CC(=O)Nc1cc(Nc2ncc(Cl)c(Nc3ccccc3P(C)(C)=O)n2)c(OC)cc1N1CCCN(C)CC1. The van der Waals surface area contributed by atoms with Crippen LogP contribution in [0.1, 0.15) is 6.42 Å². The number of hydrogen-bond donors (Lipinski definition) is 3. The number of benzene rings is 2. The van der Waals surface area contributed by atoms with Crippen molar-refractivity contribution in [3.63, 3.8) is 0 Å². The molecule has 0 saturated carbocycles. The van der Waals surface area contributed by atoms with Gasteiger partial charge in [-0.2, -0.15) is 4.98 Å². The molecular weight excluding hydrogens is 549 g/mol. The monoisotopic (exact) mass is 583 g/mol. The zero-order valence-electron chi connectivity index (χ0n) is 23.2. The minimum atomic E-state index is -2.56. The van der Waals surface area contributed by atoms with E-state index in [0.717, 1.165) is 38.3 Å². The molecule has 1 aliphatic heterocycles. The van der Waals surface area contributed by atoms with Gasteiger partial charge in [0.1, 0.15) is 17.9 Å². The first kappa shape index (κ1) is 29.4. The number of hydrogen-bond acceptors (Lipinski definition) is 9. The molecule has 1 amide bonds. The number of carbonyl (C=O) groups excluding carboxylic acids is 1. The van der Waals surface area contributed by atoms with Gasteiger partial charge in [0.25, 0.3) is 0 Å². The number of carbonyl (C=O) groups is 1. The van der Waals surface area contributed by atoms with Gasteiger partial charge in [-0.15, -0.1) is 0 Å². The molecule has 40 heavy (non-hydrogen) atoms. The molecular formula is C28H35ClN7O3P. The number of amides is 1. The van der Waals surface area contributed by atoms with Gasteiger partial charge in [0, 0.05) is 31.0 Å². The minimum absolute atomic E-state index is 0.254. The predicted molar refractivity (Wildman–Crippen MR) is 165 cm³/mol. The van der Waals surface area contributed by atoms with E-state index in [1.54, 1.807) is 26.5 Å². The van der Waals surface area contributed by atoms with Crippen molar-refractivity contribution < 1.29 is 14.1 Å². The largest absolute Gasteiger partial charge is 0.494 e. The number of nitrogens with zero attached hydrogens (tertiary/aromatic N) is 4. The summed E-state index contributed by atoms with van der Waals surface area (Å²) in [6.07, 6.45) is 3.71. The molecule has 0 aliphatic carbocycles. The van der Waals surface area contributed by atoms with Crippen molar-refractivity contribution in [2.45, 2.75) is 6.42 Å². The van der Waals surface area contributed by atoms with Crippen molar-refractivity contribution in [2.75, 3.05) is 74.5 Å². The van der Waals surface area contributed by atoms with Crippen LogP contribution in [0.4, 0.5) is 34.5 Å². The van der Waals surface area contributed by atoms with Crippen molar-refractivity contribution >= 4 is 64.5 Å². The third-order valence-corrected chi connectivity index (χ3v) is 8.38. The Morgan fingerprint density at radius 2 is 1.88 bits per heavy atom. The van der Waals surface area contributed by atoms with Crippen LogP contribution in [0.5, 0.6) is 5.75 Å². The topological polar surface area (TPSA) is 112 Å². The number of aromatic nitrogens is 2. The van der Waals surface area contributed by atoms with E-state index in [0.29, 0.717) is 39.0 Å². The highest BCUT2D eigenvalue weighted by Crippen LogP contribution is 2.40. The van der Waals surface area contributed by atoms with Crippen molar-refractivity contribution in [1.29, 1.82) is 0 Å². The number of rotatable bonds is 9. The maximum atomic E-state index is 12.8. The molecule has 0 unspecified atom stereocenters. The van der Waals surface area contributed by atoms with Crippen LogP contribution in [0.2, 0.25) is 5.02 Å². The van der Waals surface area contributed by atoms with E-state index >= 15 is 0 Å². The average molecular weight is 584 g/mol. The summed E-state index contributed by atoms with van der Waals surface area (Å²) in [6.45, 7) is 10.6. The molecule has 0 bridgehead atoms. The lowest BCUT2D eigenvalue weighted by molar-refractivity contribution is -0.111. The van der Waals surface area contributed by atoms with E-state index < -0.39 is 7.14 Å². The Morgan fingerprint density at radius 3 is 2.60 bits per heavy atom. The first-order chi connectivity index (χ1) is 19.1. The summed E-state index contributed by atoms with van der Waals surface area (Å²) >= 11 is 6.43. The molecule has 1 aromatic heterocycles. The van der Waals surface area contributed by atoms with E-state index in [4.69, 9.17) is 16.3 Å². The fourth-order valence-electron chi connectivity index (χ4n) is 4.48. The van der Waals surface area contributed by atoms with Gasteiger partial charge in [0.2, 0.25) is 11.9 Å². The molecule has 0 spiro atoms. The first-order valence-corrected chi connectivity index (χ1v) is 15.9. The van der Waals surface area contributed by atoms with Gasteiger partial charge in [-0.1, -0.05) is 30.3 Å². The van der Waals surface area contributed by atoms with Gasteiger partial charge in [-0.05, 0) is 57.6 Å². The molecule has 0 atom stereocenters. The summed E-state index contributed by atoms with van der Waals surface area (Å²) in [4.78, 5) is 25.8. The van der Waals surface area contributed by atoms with Crippen LogP contribution < -0.4 is 30.9 Å². The van der Waals surface area contributed by atoms with Crippen LogP contribution in [-0.4, -0.2) is 74.4 Å². The molecule has 1 aliphatic rings. The lowest BCUT2D eigenvalue weighted by Crippen LogP contribution is -2.29. The molecule has 12 heteroatoms. The third-order valence-electron chi connectivity index (χ3n) is 6.55.